The molecule has 1 heterocycles. The number of rotatable bonds is 6. The predicted molar refractivity (Wildman–Crippen MR) is 78.9 cm³/mol. The zero-order chi connectivity index (χ0) is 12.8. The molecule has 1 amide bonds. The van der Waals surface area contributed by atoms with Gasteiger partial charge in [-0.2, -0.15) is 0 Å². The number of thiophene rings is 1. The van der Waals surface area contributed by atoms with Gasteiger partial charge >= 0.3 is 0 Å². The van der Waals surface area contributed by atoms with E-state index >= 15 is 0 Å². The molecular formula is C11H14BrCl2NOS. The number of amides is 1. The first-order valence-electron chi connectivity index (χ1n) is 5.37. The number of hydrogen-bond acceptors (Lipinski definition) is 2. The fraction of sp³-hybridized carbons (Fsp3) is 0.545. The van der Waals surface area contributed by atoms with Crippen LogP contribution in [0.1, 0.15) is 30.1 Å². The van der Waals surface area contributed by atoms with Gasteiger partial charge in [0.15, 0.2) is 0 Å². The summed E-state index contributed by atoms with van der Waals surface area (Å²) in [6.45, 7) is 2.79. The average molecular weight is 359 g/mol. The molecule has 0 aromatic carbocycles. The highest BCUT2D eigenvalue weighted by Gasteiger charge is 2.15. The van der Waals surface area contributed by atoms with E-state index in [0.717, 1.165) is 18.2 Å². The molecule has 0 saturated heterocycles. The van der Waals surface area contributed by atoms with E-state index in [1.165, 1.54) is 11.3 Å². The van der Waals surface area contributed by atoms with Crippen molar-refractivity contribution >= 4 is 56.4 Å². The molecule has 0 fully saturated rings. The lowest BCUT2D eigenvalue weighted by Gasteiger charge is -2.13. The Hall–Kier alpha value is 0.230. The van der Waals surface area contributed by atoms with E-state index in [1.807, 2.05) is 0 Å². The maximum Gasteiger partial charge on any atom is 0.253 e. The summed E-state index contributed by atoms with van der Waals surface area (Å²) in [5, 5.41) is 3.84. The first-order chi connectivity index (χ1) is 8.08. The number of carbonyl (C=O) groups is 1. The molecule has 0 aliphatic heterocycles. The van der Waals surface area contributed by atoms with Gasteiger partial charge in [0.25, 0.3) is 5.91 Å². The van der Waals surface area contributed by atoms with Crippen LogP contribution in [0.4, 0.5) is 0 Å². The SMILES string of the molecule is CCC(CCBr)CNC(=O)c1cc(Cl)sc1Cl. The molecule has 0 saturated carbocycles. The quantitative estimate of drug-likeness (QED) is 0.740. The second-order valence-electron chi connectivity index (χ2n) is 3.70. The fourth-order valence-electron chi connectivity index (χ4n) is 1.43. The third kappa shape index (κ3) is 4.78. The summed E-state index contributed by atoms with van der Waals surface area (Å²) in [4.78, 5) is 11.8. The monoisotopic (exact) mass is 357 g/mol. The molecule has 1 aromatic rings. The molecule has 2 nitrogen and oxygen atoms in total. The highest BCUT2D eigenvalue weighted by atomic mass is 79.9. The van der Waals surface area contributed by atoms with Crippen molar-refractivity contribution in [3.63, 3.8) is 0 Å². The van der Waals surface area contributed by atoms with Gasteiger partial charge in [-0.05, 0) is 18.4 Å². The summed E-state index contributed by atoms with van der Waals surface area (Å²) in [6.07, 6.45) is 2.10. The van der Waals surface area contributed by atoms with E-state index in [2.05, 4.69) is 28.2 Å². The Labute approximate surface area is 124 Å². The number of hydrogen-bond donors (Lipinski definition) is 1. The van der Waals surface area contributed by atoms with Crippen molar-refractivity contribution in [2.24, 2.45) is 5.92 Å². The van der Waals surface area contributed by atoms with Crippen molar-refractivity contribution in [3.05, 3.63) is 20.3 Å². The molecule has 1 unspecified atom stereocenters. The zero-order valence-electron chi connectivity index (χ0n) is 9.43. The summed E-state index contributed by atoms with van der Waals surface area (Å²) in [5.41, 5.74) is 0.468. The highest BCUT2D eigenvalue weighted by Crippen LogP contribution is 2.30. The molecule has 1 rings (SSSR count). The minimum Gasteiger partial charge on any atom is -0.352 e. The lowest BCUT2D eigenvalue weighted by molar-refractivity contribution is 0.0947. The van der Waals surface area contributed by atoms with E-state index < -0.39 is 0 Å². The molecule has 1 aromatic heterocycles. The summed E-state index contributed by atoms with van der Waals surface area (Å²) in [7, 11) is 0. The van der Waals surface area contributed by atoms with E-state index in [0.29, 0.717) is 26.7 Å². The van der Waals surface area contributed by atoms with Crippen LogP contribution in [0.15, 0.2) is 6.07 Å². The molecule has 0 radical (unpaired) electrons. The Morgan fingerprint density at radius 1 is 1.59 bits per heavy atom. The van der Waals surface area contributed by atoms with E-state index in [4.69, 9.17) is 23.2 Å². The topological polar surface area (TPSA) is 29.1 Å². The lowest BCUT2D eigenvalue weighted by Crippen LogP contribution is -2.29. The zero-order valence-corrected chi connectivity index (χ0v) is 13.3. The summed E-state index contributed by atoms with van der Waals surface area (Å²) in [5.74, 6) is 0.345. The van der Waals surface area contributed by atoms with Gasteiger partial charge < -0.3 is 5.32 Å². The molecule has 17 heavy (non-hydrogen) atoms. The second-order valence-corrected chi connectivity index (χ2v) is 6.78. The van der Waals surface area contributed by atoms with E-state index in [-0.39, 0.29) is 5.91 Å². The predicted octanol–water partition coefficient (Wildman–Crippen LogP) is 4.60. The minimum absolute atomic E-state index is 0.147. The van der Waals surface area contributed by atoms with Gasteiger partial charge in [-0.25, -0.2) is 0 Å². The third-order valence-corrected chi connectivity index (χ3v) is 4.49. The van der Waals surface area contributed by atoms with E-state index in [1.54, 1.807) is 6.07 Å². The van der Waals surface area contributed by atoms with Crippen LogP contribution in [0.2, 0.25) is 8.67 Å². The van der Waals surface area contributed by atoms with Gasteiger partial charge in [-0.1, -0.05) is 52.5 Å². The van der Waals surface area contributed by atoms with Gasteiger partial charge in [0.2, 0.25) is 0 Å². The molecule has 1 N–H and O–H groups in total. The van der Waals surface area contributed by atoms with Crippen molar-refractivity contribution < 1.29 is 4.79 Å². The highest BCUT2D eigenvalue weighted by molar-refractivity contribution is 9.09. The molecule has 6 heteroatoms. The summed E-state index contributed by atoms with van der Waals surface area (Å²) in [6, 6.07) is 1.61. The number of nitrogens with one attached hydrogen (secondary N) is 1. The Kier molecular flexibility index (Phi) is 6.85. The van der Waals surface area contributed by atoms with Gasteiger partial charge in [-0.3, -0.25) is 4.79 Å². The Balaban J connectivity index is 2.52. The molecule has 0 aliphatic carbocycles. The molecule has 0 aliphatic rings. The van der Waals surface area contributed by atoms with Crippen molar-refractivity contribution in [2.45, 2.75) is 19.8 Å². The molecule has 1 atom stereocenters. The maximum atomic E-state index is 11.8. The van der Waals surface area contributed by atoms with Crippen molar-refractivity contribution in [2.75, 3.05) is 11.9 Å². The van der Waals surface area contributed by atoms with Crippen LogP contribution in [-0.4, -0.2) is 17.8 Å². The Morgan fingerprint density at radius 2 is 2.29 bits per heavy atom. The Bertz CT molecular complexity index is 384. The first kappa shape index (κ1) is 15.3. The number of carbonyl (C=O) groups excluding carboxylic acids is 1. The Morgan fingerprint density at radius 3 is 2.76 bits per heavy atom. The smallest absolute Gasteiger partial charge is 0.253 e. The van der Waals surface area contributed by atoms with Crippen LogP contribution < -0.4 is 5.32 Å². The van der Waals surface area contributed by atoms with Gasteiger partial charge in [-0.15, -0.1) is 11.3 Å². The number of alkyl halides is 1. The van der Waals surface area contributed by atoms with Crippen LogP contribution in [0.25, 0.3) is 0 Å². The van der Waals surface area contributed by atoms with Gasteiger partial charge in [0, 0.05) is 11.9 Å². The van der Waals surface area contributed by atoms with Crippen molar-refractivity contribution in [3.8, 4) is 0 Å². The standard InChI is InChI=1S/C11H14BrCl2NOS/c1-2-7(3-4-12)6-15-11(16)8-5-9(13)17-10(8)14/h5,7H,2-4,6H2,1H3,(H,15,16). The average Bonchev–Trinajstić information content (AvgIpc) is 2.63. The normalized spacial score (nSPS) is 12.5. The maximum absolute atomic E-state index is 11.8. The van der Waals surface area contributed by atoms with Crippen molar-refractivity contribution in [1.29, 1.82) is 0 Å². The van der Waals surface area contributed by atoms with E-state index in [9.17, 15) is 4.79 Å². The minimum atomic E-state index is -0.147. The summed E-state index contributed by atoms with van der Waals surface area (Å²) >= 11 is 16.3. The van der Waals surface area contributed by atoms with Crippen LogP contribution in [-0.2, 0) is 0 Å². The molecule has 0 bridgehead atoms. The number of halogens is 3. The van der Waals surface area contributed by atoms with Crippen LogP contribution in [0, 0.1) is 5.92 Å². The fourth-order valence-corrected chi connectivity index (χ4v) is 3.54. The largest absolute Gasteiger partial charge is 0.352 e. The molecular weight excluding hydrogens is 345 g/mol. The molecule has 96 valence electrons. The van der Waals surface area contributed by atoms with Gasteiger partial charge in [0.1, 0.15) is 4.34 Å². The van der Waals surface area contributed by atoms with Crippen LogP contribution in [0.3, 0.4) is 0 Å². The first-order valence-corrected chi connectivity index (χ1v) is 8.06. The van der Waals surface area contributed by atoms with Crippen molar-refractivity contribution in [1.82, 2.24) is 5.32 Å². The second kappa shape index (κ2) is 7.62. The van der Waals surface area contributed by atoms with Gasteiger partial charge in [0.05, 0.1) is 9.90 Å². The van der Waals surface area contributed by atoms with Crippen LogP contribution in [0.5, 0.6) is 0 Å². The van der Waals surface area contributed by atoms with Crippen LogP contribution >= 0.6 is 50.5 Å². The summed E-state index contributed by atoms with van der Waals surface area (Å²) < 4.78 is 0.980. The molecule has 0 spiro atoms. The lowest BCUT2D eigenvalue weighted by atomic mass is 10.0. The third-order valence-electron chi connectivity index (χ3n) is 2.55.